The molecule has 0 amide bonds. The van der Waals surface area contributed by atoms with Crippen LogP contribution >= 0.6 is 0 Å². The molecule has 0 spiro atoms. The van der Waals surface area contributed by atoms with Gasteiger partial charge >= 0.3 is 0 Å². The van der Waals surface area contributed by atoms with Crippen LogP contribution in [0.5, 0.6) is 5.75 Å². The molecule has 1 aromatic rings. The Balaban J connectivity index is 2.59. The number of ether oxygens (including phenoxy) is 1. The molecule has 0 aliphatic carbocycles. The standard InChI is InChI=1S/C14H23NO2/c1-10(9-16)11(2)15-12(3)13-5-7-14(17-4)8-6-13/h5-8,10-12,15-16H,9H2,1-4H3. The van der Waals surface area contributed by atoms with Gasteiger partial charge in [0.25, 0.3) is 0 Å². The predicted octanol–water partition coefficient (Wildman–Crippen LogP) is 2.36. The molecule has 0 aliphatic heterocycles. The van der Waals surface area contributed by atoms with Crippen LogP contribution in [0.15, 0.2) is 24.3 Å². The van der Waals surface area contributed by atoms with E-state index in [1.54, 1.807) is 7.11 Å². The Morgan fingerprint density at radius 3 is 2.24 bits per heavy atom. The topological polar surface area (TPSA) is 41.5 Å². The van der Waals surface area contributed by atoms with Crippen LogP contribution in [0.4, 0.5) is 0 Å². The average molecular weight is 237 g/mol. The third kappa shape index (κ3) is 4.02. The Hall–Kier alpha value is -1.06. The molecule has 2 N–H and O–H groups in total. The average Bonchev–Trinajstić information content (AvgIpc) is 2.37. The molecule has 96 valence electrons. The van der Waals surface area contributed by atoms with Gasteiger partial charge in [0.05, 0.1) is 7.11 Å². The van der Waals surface area contributed by atoms with Crippen LogP contribution in [0.2, 0.25) is 0 Å². The number of rotatable bonds is 6. The molecular formula is C14H23NO2. The van der Waals surface area contributed by atoms with Crippen LogP contribution in [-0.4, -0.2) is 24.9 Å². The fourth-order valence-electron chi connectivity index (χ4n) is 1.71. The van der Waals surface area contributed by atoms with Crippen molar-refractivity contribution in [2.24, 2.45) is 5.92 Å². The second-order valence-corrected chi connectivity index (χ2v) is 4.61. The maximum absolute atomic E-state index is 9.10. The lowest BCUT2D eigenvalue weighted by molar-refractivity contribution is 0.202. The zero-order chi connectivity index (χ0) is 12.8. The summed E-state index contributed by atoms with van der Waals surface area (Å²) in [5, 5.41) is 12.6. The summed E-state index contributed by atoms with van der Waals surface area (Å²) in [6.45, 7) is 6.48. The van der Waals surface area contributed by atoms with Crippen LogP contribution in [0.1, 0.15) is 32.4 Å². The Morgan fingerprint density at radius 1 is 1.18 bits per heavy atom. The van der Waals surface area contributed by atoms with Gasteiger partial charge in [-0.1, -0.05) is 19.1 Å². The molecule has 0 saturated carbocycles. The highest BCUT2D eigenvalue weighted by molar-refractivity contribution is 5.28. The Labute approximate surface area is 104 Å². The van der Waals surface area contributed by atoms with Crippen molar-refractivity contribution in [1.29, 1.82) is 0 Å². The zero-order valence-corrected chi connectivity index (χ0v) is 11.1. The Morgan fingerprint density at radius 2 is 1.76 bits per heavy atom. The first-order valence-electron chi connectivity index (χ1n) is 6.09. The third-order valence-corrected chi connectivity index (χ3v) is 3.27. The van der Waals surface area contributed by atoms with E-state index in [0.29, 0.717) is 0 Å². The largest absolute Gasteiger partial charge is 0.497 e. The van der Waals surface area contributed by atoms with E-state index in [0.717, 1.165) is 5.75 Å². The van der Waals surface area contributed by atoms with Crippen LogP contribution in [-0.2, 0) is 0 Å². The molecule has 1 aromatic carbocycles. The molecule has 3 unspecified atom stereocenters. The Kier molecular flexibility index (Phi) is 5.45. The molecule has 0 aliphatic rings. The van der Waals surface area contributed by atoms with Gasteiger partial charge in [0.15, 0.2) is 0 Å². The van der Waals surface area contributed by atoms with Crippen molar-refractivity contribution in [3.05, 3.63) is 29.8 Å². The summed E-state index contributed by atoms with van der Waals surface area (Å²) in [6.07, 6.45) is 0. The predicted molar refractivity (Wildman–Crippen MR) is 70.3 cm³/mol. The number of nitrogens with one attached hydrogen (secondary N) is 1. The molecule has 3 heteroatoms. The van der Waals surface area contributed by atoms with Gasteiger partial charge in [-0.25, -0.2) is 0 Å². The molecule has 3 atom stereocenters. The van der Waals surface area contributed by atoms with Crippen molar-refractivity contribution in [1.82, 2.24) is 5.32 Å². The van der Waals surface area contributed by atoms with Crippen molar-refractivity contribution in [2.75, 3.05) is 13.7 Å². The summed E-state index contributed by atoms with van der Waals surface area (Å²) in [5.74, 6) is 1.13. The third-order valence-electron chi connectivity index (χ3n) is 3.27. The molecule has 0 radical (unpaired) electrons. The second-order valence-electron chi connectivity index (χ2n) is 4.61. The van der Waals surface area contributed by atoms with E-state index in [-0.39, 0.29) is 24.6 Å². The lowest BCUT2D eigenvalue weighted by Gasteiger charge is -2.24. The number of hydrogen-bond donors (Lipinski definition) is 2. The molecule has 1 rings (SSSR count). The summed E-state index contributed by atoms with van der Waals surface area (Å²) < 4.78 is 5.13. The van der Waals surface area contributed by atoms with Crippen LogP contribution < -0.4 is 10.1 Å². The minimum Gasteiger partial charge on any atom is -0.497 e. The monoisotopic (exact) mass is 237 g/mol. The lowest BCUT2D eigenvalue weighted by atomic mass is 10.0. The molecule has 0 saturated heterocycles. The van der Waals surface area contributed by atoms with E-state index in [2.05, 4.69) is 31.3 Å². The maximum atomic E-state index is 9.10. The maximum Gasteiger partial charge on any atom is 0.118 e. The van der Waals surface area contributed by atoms with Gasteiger partial charge in [-0.15, -0.1) is 0 Å². The second kappa shape index (κ2) is 6.62. The fourth-order valence-corrected chi connectivity index (χ4v) is 1.71. The smallest absolute Gasteiger partial charge is 0.118 e. The van der Waals surface area contributed by atoms with Crippen LogP contribution in [0, 0.1) is 5.92 Å². The minimum absolute atomic E-state index is 0.212. The summed E-state index contributed by atoms with van der Waals surface area (Å²) in [4.78, 5) is 0. The van der Waals surface area contributed by atoms with E-state index in [1.165, 1.54) is 5.56 Å². The highest BCUT2D eigenvalue weighted by Crippen LogP contribution is 2.18. The molecule has 0 fully saturated rings. The zero-order valence-electron chi connectivity index (χ0n) is 11.1. The summed E-state index contributed by atoms with van der Waals surface area (Å²) >= 11 is 0. The molecule has 0 heterocycles. The van der Waals surface area contributed by atoms with Gasteiger partial charge in [-0.2, -0.15) is 0 Å². The van der Waals surface area contributed by atoms with Crippen molar-refractivity contribution in [2.45, 2.75) is 32.9 Å². The van der Waals surface area contributed by atoms with Crippen molar-refractivity contribution in [3.8, 4) is 5.75 Å². The molecule has 0 aromatic heterocycles. The lowest BCUT2D eigenvalue weighted by Crippen LogP contribution is -2.35. The van der Waals surface area contributed by atoms with Gasteiger partial charge in [0, 0.05) is 18.7 Å². The van der Waals surface area contributed by atoms with E-state index < -0.39 is 0 Å². The van der Waals surface area contributed by atoms with Gasteiger partial charge < -0.3 is 15.2 Å². The number of methoxy groups -OCH3 is 1. The van der Waals surface area contributed by atoms with Gasteiger partial charge in [-0.3, -0.25) is 0 Å². The van der Waals surface area contributed by atoms with Gasteiger partial charge in [0.2, 0.25) is 0 Å². The first-order valence-corrected chi connectivity index (χ1v) is 6.09. The number of aliphatic hydroxyl groups is 1. The van der Waals surface area contributed by atoms with Crippen LogP contribution in [0.3, 0.4) is 0 Å². The first kappa shape index (κ1) is 14.0. The van der Waals surface area contributed by atoms with Crippen molar-refractivity contribution >= 4 is 0 Å². The summed E-state index contributed by atoms with van der Waals surface area (Å²) in [6, 6.07) is 8.61. The highest BCUT2D eigenvalue weighted by atomic mass is 16.5. The number of hydrogen-bond acceptors (Lipinski definition) is 3. The number of aliphatic hydroxyl groups excluding tert-OH is 1. The van der Waals surface area contributed by atoms with Crippen molar-refractivity contribution < 1.29 is 9.84 Å². The summed E-state index contributed by atoms with van der Waals surface area (Å²) in [7, 11) is 1.67. The fraction of sp³-hybridized carbons (Fsp3) is 0.571. The van der Waals surface area contributed by atoms with Gasteiger partial charge in [0.1, 0.15) is 5.75 Å². The Bertz CT molecular complexity index is 323. The molecule has 17 heavy (non-hydrogen) atoms. The number of benzene rings is 1. The highest BCUT2D eigenvalue weighted by Gasteiger charge is 2.14. The molecular weight excluding hydrogens is 214 g/mol. The normalized spacial score (nSPS) is 16.3. The first-order chi connectivity index (χ1) is 8.08. The van der Waals surface area contributed by atoms with E-state index in [4.69, 9.17) is 9.84 Å². The SMILES string of the molecule is COc1ccc(C(C)NC(C)C(C)CO)cc1. The minimum atomic E-state index is 0.212. The quantitative estimate of drug-likeness (QED) is 0.798. The van der Waals surface area contributed by atoms with Crippen molar-refractivity contribution in [3.63, 3.8) is 0 Å². The van der Waals surface area contributed by atoms with Gasteiger partial charge in [-0.05, 0) is 37.5 Å². The van der Waals surface area contributed by atoms with E-state index >= 15 is 0 Å². The van der Waals surface area contributed by atoms with E-state index in [9.17, 15) is 0 Å². The molecule has 0 bridgehead atoms. The van der Waals surface area contributed by atoms with E-state index in [1.807, 2.05) is 19.1 Å². The molecule has 3 nitrogen and oxygen atoms in total. The van der Waals surface area contributed by atoms with Crippen LogP contribution in [0.25, 0.3) is 0 Å². The summed E-state index contributed by atoms with van der Waals surface area (Å²) in [5.41, 5.74) is 1.22.